The van der Waals surface area contributed by atoms with Crippen molar-refractivity contribution in [3.8, 4) is 0 Å². The quantitative estimate of drug-likeness (QED) is 0.925. The highest BCUT2D eigenvalue weighted by Gasteiger charge is 2.33. The fourth-order valence-corrected chi connectivity index (χ4v) is 1.51. The molecule has 2 heterocycles. The number of aryl methyl sites for hydroxylation is 1. The molecule has 1 N–H and O–H groups in total. The Hall–Kier alpha value is -2.32. The third-order valence-corrected chi connectivity index (χ3v) is 2.44. The molecule has 0 fully saturated rings. The Bertz CT molecular complexity index is 615. The van der Waals surface area contributed by atoms with Crippen molar-refractivity contribution in [2.45, 2.75) is 19.6 Å². The largest absolute Gasteiger partial charge is 0.476 e. The first-order valence-corrected chi connectivity index (χ1v) is 5.08. The van der Waals surface area contributed by atoms with Gasteiger partial charge in [-0.15, -0.1) is 0 Å². The van der Waals surface area contributed by atoms with Crippen LogP contribution < -0.4 is 0 Å². The third-order valence-electron chi connectivity index (χ3n) is 2.44. The van der Waals surface area contributed by atoms with Crippen LogP contribution in [0.5, 0.6) is 0 Å². The number of halogens is 3. The van der Waals surface area contributed by atoms with Crippen LogP contribution in [-0.2, 0) is 12.7 Å². The molecule has 0 aliphatic carbocycles. The zero-order valence-electron chi connectivity index (χ0n) is 9.60. The van der Waals surface area contributed by atoms with Crippen molar-refractivity contribution in [1.82, 2.24) is 14.9 Å². The lowest BCUT2D eigenvalue weighted by atomic mass is 10.2. The van der Waals surface area contributed by atoms with Crippen molar-refractivity contribution < 1.29 is 27.6 Å². The molecule has 6 nitrogen and oxygen atoms in total. The van der Waals surface area contributed by atoms with Gasteiger partial charge < -0.3 is 9.63 Å². The maximum Gasteiger partial charge on any atom is 0.435 e. The molecule has 9 heteroatoms. The van der Waals surface area contributed by atoms with E-state index in [1.165, 1.54) is 6.92 Å². The van der Waals surface area contributed by atoms with Gasteiger partial charge in [-0.05, 0) is 13.0 Å². The summed E-state index contributed by atoms with van der Waals surface area (Å²) < 4.78 is 42.8. The Morgan fingerprint density at radius 3 is 2.74 bits per heavy atom. The molecule has 19 heavy (non-hydrogen) atoms. The molecule has 0 spiro atoms. The summed E-state index contributed by atoms with van der Waals surface area (Å²) in [4.78, 5) is 10.9. The number of rotatable bonds is 3. The van der Waals surface area contributed by atoms with Gasteiger partial charge in [-0.2, -0.15) is 18.3 Å². The van der Waals surface area contributed by atoms with Crippen molar-refractivity contribution in [2.24, 2.45) is 0 Å². The minimum Gasteiger partial charge on any atom is -0.476 e. The second-order valence-corrected chi connectivity index (χ2v) is 3.77. The Labute approximate surface area is 104 Å². The highest BCUT2D eigenvalue weighted by Crippen LogP contribution is 2.27. The van der Waals surface area contributed by atoms with Crippen LogP contribution in [0.2, 0.25) is 0 Å². The summed E-state index contributed by atoms with van der Waals surface area (Å²) >= 11 is 0. The van der Waals surface area contributed by atoms with Gasteiger partial charge in [-0.3, -0.25) is 4.68 Å². The van der Waals surface area contributed by atoms with E-state index < -0.39 is 17.8 Å². The lowest BCUT2D eigenvalue weighted by Gasteiger charge is -2.02. The smallest absolute Gasteiger partial charge is 0.435 e. The lowest BCUT2D eigenvalue weighted by molar-refractivity contribution is -0.141. The summed E-state index contributed by atoms with van der Waals surface area (Å²) in [5, 5.41) is 15.5. The van der Waals surface area contributed by atoms with E-state index in [1.807, 2.05) is 0 Å². The van der Waals surface area contributed by atoms with E-state index in [2.05, 4.69) is 10.3 Å². The highest BCUT2D eigenvalue weighted by atomic mass is 19.4. The van der Waals surface area contributed by atoms with Gasteiger partial charge in [0.2, 0.25) is 0 Å². The molecule has 0 aromatic carbocycles. The van der Waals surface area contributed by atoms with Crippen LogP contribution in [0.4, 0.5) is 13.2 Å². The summed E-state index contributed by atoms with van der Waals surface area (Å²) in [6, 6.07) is 0.809. The normalized spacial score (nSPS) is 11.8. The van der Waals surface area contributed by atoms with Gasteiger partial charge in [0.1, 0.15) is 5.76 Å². The van der Waals surface area contributed by atoms with Gasteiger partial charge in [-0.25, -0.2) is 4.79 Å². The minimum atomic E-state index is -4.54. The third kappa shape index (κ3) is 2.59. The number of carboxylic acids is 1. The van der Waals surface area contributed by atoms with Crippen molar-refractivity contribution in [2.75, 3.05) is 0 Å². The summed E-state index contributed by atoms with van der Waals surface area (Å²) in [6.07, 6.45) is -3.43. The van der Waals surface area contributed by atoms with Crippen LogP contribution in [0.15, 0.2) is 16.8 Å². The van der Waals surface area contributed by atoms with E-state index in [0.717, 1.165) is 16.9 Å². The van der Waals surface area contributed by atoms with Crippen LogP contribution in [0, 0.1) is 6.92 Å². The standard InChI is InChI=1S/C10H8F3N3O3/c1-5-6(8(9(17)18)15-19-5)4-16-3-2-7(14-16)10(11,12)13/h2-3H,4H2,1H3,(H,17,18). The fraction of sp³-hybridized carbons (Fsp3) is 0.300. The number of hydrogen-bond acceptors (Lipinski definition) is 4. The average Bonchev–Trinajstić information content (AvgIpc) is 2.87. The fourth-order valence-electron chi connectivity index (χ4n) is 1.51. The Morgan fingerprint density at radius 1 is 1.53 bits per heavy atom. The second kappa shape index (κ2) is 4.41. The molecule has 2 aromatic rings. The van der Waals surface area contributed by atoms with Gasteiger partial charge in [0.05, 0.1) is 12.1 Å². The van der Waals surface area contributed by atoms with Crippen LogP contribution in [0.3, 0.4) is 0 Å². The molecule has 2 aromatic heterocycles. The first kappa shape index (κ1) is 13.1. The molecular formula is C10H8F3N3O3. The predicted molar refractivity (Wildman–Crippen MR) is 54.5 cm³/mol. The molecular weight excluding hydrogens is 267 g/mol. The number of carbonyl (C=O) groups is 1. The van der Waals surface area contributed by atoms with Crippen LogP contribution in [0.1, 0.15) is 27.5 Å². The molecule has 0 aliphatic heterocycles. The number of alkyl halides is 3. The van der Waals surface area contributed by atoms with Crippen LogP contribution >= 0.6 is 0 Å². The van der Waals surface area contributed by atoms with E-state index in [9.17, 15) is 18.0 Å². The molecule has 0 saturated carbocycles. The van der Waals surface area contributed by atoms with Crippen molar-refractivity contribution in [3.05, 3.63) is 35.0 Å². The maximum absolute atomic E-state index is 12.4. The van der Waals surface area contributed by atoms with E-state index >= 15 is 0 Å². The van der Waals surface area contributed by atoms with Crippen molar-refractivity contribution >= 4 is 5.97 Å². The molecule has 0 amide bonds. The molecule has 0 bridgehead atoms. The summed E-state index contributed by atoms with van der Waals surface area (Å²) in [5.74, 6) is -1.09. The van der Waals surface area contributed by atoms with E-state index in [-0.39, 0.29) is 23.6 Å². The molecule has 0 aliphatic rings. The Morgan fingerprint density at radius 2 is 2.21 bits per heavy atom. The summed E-state index contributed by atoms with van der Waals surface area (Å²) in [6.45, 7) is 1.32. The number of carboxylic acid groups (broad SMARTS) is 1. The number of hydrogen-bond donors (Lipinski definition) is 1. The topological polar surface area (TPSA) is 81.1 Å². The average molecular weight is 275 g/mol. The van der Waals surface area contributed by atoms with E-state index in [4.69, 9.17) is 9.63 Å². The number of aromatic carboxylic acids is 1. The Balaban J connectivity index is 2.29. The van der Waals surface area contributed by atoms with Gasteiger partial charge in [-0.1, -0.05) is 5.16 Å². The van der Waals surface area contributed by atoms with E-state index in [0.29, 0.717) is 0 Å². The zero-order chi connectivity index (χ0) is 14.2. The summed E-state index contributed by atoms with van der Waals surface area (Å²) in [7, 11) is 0. The van der Waals surface area contributed by atoms with Crippen LogP contribution in [0.25, 0.3) is 0 Å². The predicted octanol–water partition coefficient (Wildman–Crippen LogP) is 1.94. The molecule has 0 saturated heterocycles. The Kier molecular flexibility index (Phi) is 3.05. The molecule has 102 valence electrons. The lowest BCUT2D eigenvalue weighted by Crippen LogP contribution is -2.10. The van der Waals surface area contributed by atoms with Crippen LogP contribution in [-0.4, -0.2) is 26.0 Å². The van der Waals surface area contributed by atoms with Gasteiger partial charge in [0.25, 0.3) is 0 Å². The zero-order valence-corrected chi connectivity index (χ0v) is 9.60. The van der Waals surface area contributed by atoms with Gasteiger partial charge >= 0.3 is 12.1 Å². The molecule has 0 atom stereocenters. The second-order valence-electron chi connectivity index (χ2n) is 3.77. The number of nitrogens with zero attached hydrogens (tertiary/aromatic N) is 3. The highest BCUT2D eigenvalue weighted by molar-refractivity contribution is 5.87. The van der Waals surface area contributed by atoms with E-state index in [1.54, 1.807) is 0 Å². The maximum atomic E-state index is 12.4. The molecule has 0 unspecified atom stereocenters. The van der Waals surface area contributed by atoms with Crippen molar-refractivity contribution in [3.63, 3.8) is 0 Å². The SMILES string of the molecule is Cc1onc(C(=O)O)c1Cn1ccc(C(F)(F)F)n1. The number of aromatic nitrogens is 3. The monoisotopic (exact) mass is 275 g/mol. The van der Waals surface area contributed by atoms with Gasteiger partial charge in [0.15, 0.2) is 11.4 Å². The first-order valence-electron chi connectivity index (χ1n) is 5.08. The van der Waals surface area contributed by atoms with Gasteiger partial charge in [0, 0.05) is 6.20 Å². The molecule has 0 radical (unpaired) electrons. The molecule has 2 rings (SSSR count). The summed E-state index contributed by atoms with van der Waals surface area (Å²) in [5.41, 5.74) is -1.19. The minimum absolute atomic E-state index is 0.160. The van der Waals surface area contributed by atoms with Crippen molar-refractivity contribution in [1.29, 1.82) is 0 Å². The first-order chi connectivity index (χ1) is 8.79.